The van der Waals surface area contributed by atoms with Gasteiger partial charge in [-0.25, -0.2) is 9.59 Å². The summed E-state index contributed by atoms with van der Waals surface area (Å²) < 4.78 is 14.8. The molecule has 0 rings (SSSR count). The molecule has 0 radical (unpaired) electrons. The minimum Gasteiger partial charge on any atom is -0.463 e. The molecule has 0 N–H and O–H groups in total. The standard InChI is InChI=1S/C16H28O5/c1-3-5-6-7-8-9-12-20-15(17)10-11-16(18)21-14-13-19-4-2/h10-11H,3-9,12-14H2,1-2H3/b11-10+. The number of hydrogen-bond donors (Lipinski definition) is 0. The van der Waals surface area contributed by atoms with Gasteiger partial charge in [0.25, 0.3) is 0 Å². The third kappa shape index (κ3) is 14.9. The molecule has 5 nitrogen and oxygen atoms in total. The first kappa shape index (κ1) is 19.6. The molecular formula is C16H28O5. The molecule has 0 aliphatic heterocycles. The molecule has 0 aliphatic carbocycles. The van der Waals surface area contributed by atoms with E-state index in [-0.39, 0.29) is 6.61 Å². The lowest BCUT2D eigenvalue weighted by Gasteiger charge is -2.03. The Labute approximate surface area is 127 Å². The molecule has 0 spiro atoms. The van der Waals surface area contributed by atoms with Gasteiger partial charge in [0.05, 0.1) is 13.2 Å². The van der Waals surface area contributed by atoms with Gasteiger partial charge in [-0.15, -0.1) is 0 Å². The molecular weight excluding hydrogens is 272 g/mol. The second-order valence-corrected chi connectivity index (χ2v) is 4.63. The highest BCUT2D eigenvalue weighted by molar-refractivity contribution is 5.91. The highest BCUT2D eigenvalue weighted by Crippen LogP contribution is 2.04. The van der Waals surface area contributed by atoms with Crippen LogP contribution in [0.5, 0.6) is 0 Å². The average molecular weight is 300 g/mol. The number of unbranched alkanes of at least 4 members (excludes halogenated alkanes) is 5. The fraction of sp³-hybridized carbons (Fsp3) is 0.750. The van der Waals surface area contributed by atoms with Crippen molar-refractivity contribution in [3.05, 3.63) is 12.2 Å². The van der Waals surface area contributed by atoms with Crippen LogP contribution in [0.4, 0.5) is 0 Å². The van der Waals surface area contributed by atoms with Gasteiger partial charge in [-0.3, -0.25) is 0 Å². The molecule has 0 aromatic heterocycles. The van der Waals surface area contributed by atoms with Crippen LogP contribution < -0.4 is 0 Å². The van der Waals surface area contributed by atoms with Crippen molar-refractivity contribution < 1.29 is 23.8 Å². The topological polar surface area (TPSA) is 61.8 Å². The zero-order valence-electron chi connectivity index (χ0n) is 13.3. The summed E-state index contributed by atoms with van der Waals surface area (Å²) in [5.41, 5.74) is 0. The second kappa shape index (κ2) is 15.0. The first-order chi connectivity index (χ1) is 10.2. The van der Waals surface area contributed by atoms with Gasteiger partial charge in [-0.2, -0.15) is 0 Å². The zero-order valence-corrected chi connectivity index (χ0v) is 13.3. The molecule has 0 bridgehead atoms. The van der Waals surface area contributed by atoms with Crippen LogP contribution in [0.15, 0.2) is 12.2 Å². The van der Waals surface area contributed by atoms with Gasteiger partial charge in [0.1, 0.15) is 6.61 Å². The Morgan fingerprint density at radius 2 is 1.33 bits per heavy atom. The van der Waals surface area contributed by atoms with Crippen LogP contribution >= 0.6 is 0 Å². The lowest BCUT2D eigenvalue weighted by atomic mass is 10.1. The van der Waals surface area contributed by atoms with Crippen LogP contribution in [0.25, 0.3) is 0 Å². The van der Waals surface area contributed by atoms with Crippen molar-refractivity contribution in [3.8, 4) is 0 Å². The van der Waals surface area contributed by atoms with Gasteiger partial charge < -0.3 is 14.2 Å². The summed E-state index contributed by atoms with van der Waals surface area (Å²) in [6.45, 7) is 5.56. The highest BCUT2D eigenvalue weighted by Gasteiger charge is 2.01. The zero-order chi connectivity index (χ0) is 15.8. The summed E-state index contributed by atoms with van der Waals surface area (Å²) in [7, 11) is 0. The Balaban J connectivity index is 3.50. The number of carbonyl (C=O) groups excluding carboxylic acids is 2. The Bertz CT molecular complexity index is 299. The first-order valence-corrected chi connectivity index (χ1v) is 7.80. The van der Waals surface area contributed by atoms with Crippen LogP contribution in [0.3, 0.4) is 0 Å². The SMILES string of the molecule is CCCCCCCCOC(=O)/C=C/C(=O)OCCOCC. The van der Waals surface area contributed by atoms with E-state index >= 15 is 0 Å². The van der Waals surface area contributed by atoms with E-state index in [0.29, 0.717) is 19.8 Å². The maximum absolute atomic E-state index is 11.3. The molecule has 0 saturated heterocycles. The minimum atomic E-state index is -0.564. The van der Waals surface area contributed by atoms with E-state index in [1.165, 1.54) is 25.7 Å². The average Bonchev–Trinajstić information content (AvgIpc) is 2.48. The van der Waals surface area contributed by atoms with Gasteiger partial charge in [-0.05, 0) is 13.3 Å². The van der Waals surface area contributed by atoms with Crippen molar-refractivity contribution in [3.63, 3.8) is 0 Å². The van der Waals surface area contributed by atoms with Crippen LogP contribution in [-0.2, 0) is 23.8 Å². The maximum Gasteiger partial charge on any atom is 0.331 e. The van der Waals surface area contributed by atoms with E-state index in [2.05, 4.69) is 6.92 Å². The number of carbonyl (C=O) groups is 2. The molecule has 0 saturated carbocycles. The molecule has 0 aromatic rings. The fourth-order valence-corrected chi connectivity index (χ4v) is 1.63. The van der Waals surface area contributed by atoms with Crippen molar-refractivity contribution in [2.75, 3.05) is 26.4 Å². The van der Waals surface area contributed by atoms with Crippen molar-refractivity contribution in [2.24, 2.45) is 0 Å². The van der Waals surface area contributed by atoms with Gasteiger partial charge in [0, 0.05) is 18.8 Å². The van der Waals surface area contributed by atoms with E-state index in [1.807, 2.05) is 6.92 Å². The smallest absolute Gasteiger partial charge is 0.331 e. The van der Waals surface area contributed by atoms with Crippen molar-refractivity contribution in [1.29, 1.82) is 0 Å². The summed E-state index contributed by atoms with van der Waals surface area (Å²) in [5.74, 6) is -1.07. The quantitative estimate of drug-likeness (QED) is 0.297. The van der Waals surface area contributed by atoms with Gasteiger partial charge >= 0.3 is 11.9 Å². The Kier molecular flexibility index (Phi) is 14.1. The van der Waals surface area contributed by atoms with Crippen molar-refractivity contribution in [1.82, 2.24) is 0 Å². The van der Waals surface area contributed by atoms with Crippen molar-refractivity contribution >= 4 is 11.9 Å². The van der Waals surface area contributed by atoms with Gasteiger partial charge in [0.15, 0.2) is 0 Å². The number of hydrogen-bond acceptors (Lipinski definition) is 5. The minimum absolute atomic E-state index is 0.184. The predicted molar refractivity (Wildman–Crippen MR) is 80.9 cm³/mol. The Hall–Kier alpha value is -1.36. The Morgan fingerprint density at radius 3 is 1.95 bits per heavy atom. The van der Waals surface area contributed by atoms with E-state index in [1.54, 1.807) is 0 Å². The van der Waals surface area contributed by atoms with E-state index in [0.717, 1.165) is 25.0 Å². The van der Waals surface area contributed by atoms with Crippen LogP contribution in [-0.4, -0.2) is 38.4 Å². The molecule has 0 aliphatic rings. The third-order valence-corrected chi connectivity index (χ3v) is 2.77. The fourth-order valence-electron chi connectivity index (χ4n) is 1.63. The largest absolute Gasteiger partial charge is 0.463 e. The molecule has 0 heterocycles. The molecule has 0 atom stereocenters. The monoisotopic (exact) mass is 300 g/mol. The first-order valence-electron chi connectivity index (χ1n) is 7.80. The number of ether oxygens (including phenoxy) is 3. The van der Waals surface area contributed by atoms with Crippen LogP contribution in [0, 0.1) is 0 Å². The molecule has 0 amide bonds. The van der Waals surface area contributed by atoms with Gasteiger partial charge in [0.2, 0.25) is 0 Å². The van der Waals surface area contributed by atoms with E-state index in [4.69, 9.17) is 14.2 Å². The molecule has 0 fully saturated rings. The van der Waals surface area contributed by atoms with Crippen LogP contribution in [0.1, 0.15) is 52.4 Å². The molecule has 122 valence electrons. The summed E-state index contributed by atoms with van der Waals surface area (Å²) in [5, 5.41) is 0. The van der Waals surface area contributed by atoms with Crippen LogP contribution in [0.2, 0.25) is 0 Å². The molecule has 5 heteroatoms. The molecule has 0 unspecified atom stereocenters. The summed E-state index contributed by atoms with van der Waals surface area (Å²) in [6.07, 6.45) is 8.99. The highest BCUT2D eigenvalue weighted by atomic mass is 16.6. The number of rotatable bonds is 13. The molecule has 0 aromatic carbocycles. The molecule has 21 heavy (non-hydrogen) atoms. The van der Waals surface area contributed by atoms with Gasteiger partial charge in [-0.1, -0.05) is 39.0 Å². The maximum atomic E-state index is 11.3. The summed E-state index contributed by atoms with van der Waals surface area (Å²) in [4.78, 5) is 22.5. The predicted octanol–water partition coefficient (Wildman–Crippen LogP) is 3.03. The summed E-state index contributed by atoms with van der Waals surface area (Å²) >= 11 is 0. The number of esters is 2. The third-order valence-electron chi connectivity index (χ3n) is 2.77. The lowest BCUT2D eigenvalue weighted by molar-refractivity contribution is -0.141. The van der Waals surface area contributed by atoms with E-state index in [9.17, 15) is 9.59 Å². The second-order valence-electron chi connectivity index (χ2n) is 4.63. The lowest BCUT2D eigenvalue weighted by Crippen LogP contribution is -2.09. The normalized spacial score (nSPS) is 10.8. The van der Waals surface area contributed by atoms with E-state index < -0.39 is 11.9 Å². The summed E-state index contributed by atoms with van der Waals surface area (Å²) in [6, 6.07) is 0. The Morgan fingerprint density at radius 1 is 0.762 bits per heavy atom. The van der Waals surface area contributed by atoms with Crippen molar-refractivity contribution in [2.45, 2.75) is 52.4 Å².